The summed E-state index contributed by atoms with van der Waals surface area (Å²) in [7, 11) is 0. The van der Waals surface area contributed by atoms with Crippen molar-refractivity contribution in [2.45, 2.75) is 89.9 Å². The summed E-state index contributed by atoms with van der Waals surface area (Å²) in [6.07, 6.45) is 8.48. The Kier molecular flexibility index (Phi) is 36.7. The van der Waals surface area contributed by atoms with Gasteiger partial charge in [-0.3, -0.25) is 9.59 Å². The molecule has 0 radical (unpaired) electrons. The number of hydrogen-bond donors (Lipinski definition) is 2. The maximum absolute atomic E-state index is 10.1. The minimum absolute atomic E-state index is 0. The summed E-state index contributed by atoms with van der Waals surface area (Å²) in [5.41, 5.74) is 0. The third-order valence-corrected chi connectivity index (χ3v) is 3.54. The van der Waals surface area contributed by atoms with Gasteiger partial charge in [0.2, 0.25) is 0 Å². The standard InChI is InChI=1S/2C9H16O4.2K/c2*10-8(11)6-4-2-1-3-5-7-9(12)13;;/h2*1-7H2,(H,10,11)(H,12,13);;/q;;2*+1/p-2. The zero-order valence-corrected chi connectivity index (χ0v) is 23.5. The van der Waals surface area contributed by atoms with Crippen LogP contribution in [0.25, 0.3) is 0 Å². The number of aliphatic carboxylic acids is 4. The molecule has 0 atom stereocenters. The number of hydrogen-bond acceptors (Lipinski definition) is 6. The predicted molar refractivity (Wildman–Crippen MR) is 89.9 cm³/mol. The van der Waals surface area contributed by atoms with E-state index in [1.807, 2.05) is 0 Å². The molecule has 0 aromatic carbocycles. The summed E-state index contributed by atoms with van der Waals surface area (Å²) in [4.78, 5) is 40.2. The van der Waals surface area contributed by atoms with Gasteiger partial charge in [0, 0.05) is 24.8 Å². The van der Waals surface area contributed by atoms with E-state index in [2.05, 4.69) is 0 Å². The van der Waals surface area contributed by atoms with Crippen molar-refractivity contribution in [1.82, 2.24) is 0 Å². The first-order valence-electron chi connectivity index (χ1n) is 9.09. The van der Waals surface area contributed by atoms with Crippen LogP contribution in [-0.2, 0) is 19.2 Å². The third-order valence-electron chi connectivity index (χ3n) is 3.54. The Balaban J connectivity index is -0.000000192. The van der Waals surface area contributed by atoms with Gasteiger partial charge in [-0.2, -0.15) is 0 Å². The number of carboxylic acids is 4. The van der Waals surface area contributed by atoms with Crippen LogP contribution in [-0.4, -0.2) is 34.1 Å². The fourth-order valence-corrected chi connectivity index (χ4v) is 2.15. The first-order chi connectivity index (χ1) is 12.3. The molecule has 2 N–H and O–H groups in total. The van der Waals surface area contributed by atoms with E-state index in [9.17, 15) is 29.4 Å². The van der Waals surface area contributed by atoms with E-state index in [-0.39, 0.29) is 128 Å². The van der Waals surface area contributed by atoms with E-state index in [1.165, 1.54) is 0 Å². The maximum atomic E-state index is 10.1. The van der Waals surface area contributed by atoms with Gasteiger partial charge in [-0.15, -0.1) is 0 Å². The summed E-state index contributed by atoms with van der Waals surface area (Å²) >= 11 is 0. The molecule has 0 saturated carbocycles. The second-order valence-electron chi connectivity index (χ2n) is 6.07. The minimum atomic E-state index is -1.02. The first kappa shape index (κ1) is 36.5. The van der Waals surface area contributed by atoms with Crippen LogP contribution in [0.2, 0.25) is 0 Å². The molecule has 0 amide bonds. The summed E-state index contributed by atoms with van der Waals surface area (Å²) in [5.74, 6) is -3.56. The van der Waals surface area contributed by atoms with Crippen molar-refractivity contribution in [3.8, 4) is 0 Å². The van der Waals surface area contributed by atoms with Crippen LogP contribution in [0.4, 0.5) is 0 Å². The third kappa shape index (κ3) is 41.5. The molecule has 10 heteroatoms. The first-order valence-corrected chi connectivity index (χ1v) is 9.09. The molecule has 0 unspecified atom stereocenters. The van der Waals surface area contributed by atoms with Crippen molar-refractivity contribution in [2.24, 2.45) is 0 Å². The van der Waals surface area contributed by atoms with Gasteiger partial charge < -0.3 is 30.0 Å². The molecule has 0 bridgehead atoms. The smallest absolute Gasteiger partial charge is 0.550 e. The average Bonchev–Trinajstić information content (AvgIpc) is 2.52. The fourth-order valence-electron chi connectivity index (χ4n) is 2.15. The second-order valence-corrected chi connectivity index (χ2v) is 6.07. The molecule has 0 spiro atoms. The van der Waals surface area contributed by atoms with Gasteiger partial charge in [0.15, 0.2) is 0 Å². The largest absolute Gasteiger partial charge is 1.00 e. The van der Waals surface area contributed by atoms with Gasteiger partial charge in [-0.1, -0.05) is 38.5 Å². The van der Waals surface area contributed by atoms with E-state index in [0.29, 0.717) is 25.7 Å². The Morgan fingerprint density at radius 1 is 0.464 bits per heavy atom. The van der Waals surface area contributed by atoms with Crippen LogP contribution in [0.15, 0.2) is 0 Å². The molecule has 0 heterocycles. The van der Waals surface area contributed by atoms with Crippen LogP contribution in [0, 0.1) is 0 Å². The van der Waals surface area contributed by atoms with Crippen molar-refractivity contribution in [3.05, 3.63) is 0 Å². The van der Waals surface area contributed by atoms with Crippen LogP contribution in [0.5, 0.6) is 0 Å². The van der Waals surface area contributed by atoms with E-state index in [0.717, 1.165) is 38.5 Å². The molecule has 0 aliphatic heterocycles. The quantitative estimate of drug-likeness (QED) is 0.174. The molecule has 152 valence electrons. The molecule has 0 aromatic heterocycles. The summed E-state index contributed by atoms with van der Waals surface area (Å²) in [6, 6.07) is 0. The van der Waals surface area contributed by atoms with Crippen LogP contribution in [0.1, 0.15) is 89.9 Å². The molecule has 0 aliphatic rings. The van der Waals surface area contributed by atoms with E-state index in [1.54, 1.807) is 0 Å². The Hall–Kier alpha value is 1.15. The van der Waals surface area contributed by atoms with Crippen LogP contribution in [0.3, 0.4) is 0 Å². The van der Waals surface area contributed by atoms with Gasteiger partial charge in [0.25, 0.3) is 0 Å². The normalized spacial score (nSPS) is 9.14. The summed E-state index contributed by atoms with van der Waals surface area (Å²) in [6.45, 7) is 0. The van der Waals surface area contributed by atoms with Gasteiger partial charge in [-0.25, -0.2) is 0 Å². The molecule has 8 nitrogen and oxygen atoms in total. The van der Waals surface area contributed by atoms with Crippen LogP contribution >= 0.6 is 0 Å². The Labute approximate surface area is 252 Å². The summed E-state index contributed by atoms with van der Waals surface area (Å²) in [5, 5.41) is 36.6. The second kappa shape index (κ2) is 28.2. The zero-order valence-electron chi connectivity index (χ0n) is 17.2. The monoisotopic (exact) mass is 452 g/mol. The van der Waals surface area contributed by atoms with Gasteiger partial charge in [0.1, 0.15) is 0 Å². The summed E-state index contributed by atoms with van der Waals surface area (Å²) < 4.78 is 0. The molecular weight excluding hydrogens is 422 g/mol. The molecule has 0 saturated heterocycles. The average molecular weight is 453 g/mol. The van der Waals surface area contributed by atoms with Crippen molar-refractivity contribution < 1.29 is 142 Å². The Morgan fingerprint density at radius 3 is 0.893 bits per heavy atom. The topological polar surface area (TPSA) is 155 Å². The number of carbonyl (C=O) groups is 4. The van der Waals surface area contributed by atoms with E-state index >= 15 is 0 Å². The zero-order chi connectivity index (χ0) is 20.2. The molecule has 28 heavy (non-hydrogen) atoms. The molecule has 0 aliphatic carbocycles. The van der Waals surface area contributed by atoms with E-state index < -0.39 is 23.9 Å². The predicted octanol–water partition coefficient (Wildman–Crippen LogP) is -4.89. The van der Waals surface area contributed by atoms with Crippen molar-refractivity contribution in [2.75, 3.05) is 0 Å². The van der Waals surface area contributed by atoms with Crippen LogP contribution < -0.4 is 113 Å². The number of rotatable bonds is 16. The molecular formula is C18H30K2O8. The van der Waals surface area contributed by atoms with Gasteiger partial charge >= 0.3 is 115 Å². The van der Waals surface area contributed by atoms with Crippen molar-refractivity contribution >= 4 is 23.9 Å². The number of carbonyl (C=O) groups excluding carboxylic acids is 2. The molecule has 0 fully saturated rings. The maximum Gasteiger partial charge on any atom is 1.00 e. The minimum Gasteiger partial charge on any atom is -0.550 e. The number of carboxylic acid groups (broad SMARTS) is 4. The SMILES string of the molecule is O=C(O)CCCCCCCC(=O)O.O=C([O-])CCCCCCCC(=O)[O-].[K+].[K+]. The molecule has 0 aromatic rings. The van der Waals surface area contributed by atoms with E-state index in [4.69, 9.17) is 10.2 Å². The van der Waals surface area contributed by atoms with Gasteiger partial charge in [-0.05, 0) is 38.5 Å². The Morgan fingerprint density at radius 2 is 0.679 bits per heavy atom. The van der Waals surface area contributed by atoms with Crippen molar-refractivity contribution in [1.29, 1.82) is 0 Å². The fraction of sp³-hybridized carbons (Fsp3) is 0.778. The Bertz CT molecular complexity index is 342. The van der Waals surface area contributed by atoms with Gasteiger partial charge in [0.05, 0.1) is 0 Å². The molecule has 0 rings (SSSR count). The van der Waals surface area contributed by atoms with Crippen molar-refractivity contribution in [3.63, 3.8) is 0 Å². The number of unbranched alkanes of at least 4 members (excludes halogenated alkanes) is 8.